The summed E-state index contributed by atoms with van der Waals surface area (Å²) in [5.41, 5.74) is 10.2. The molecule has 0 aliphatic carbocycles. The minimum absolute atomic E-state index is 0.248. The molecule has 0 saturated heterocycles. The molecule has 5 rings (SSSR count). The zero-order valence-corrected chi connectivity index (χ0v) is 18.0. The molecule has 4 nitrogen and oxygen atoms in total. The molecule has 6 heteroatoms. The van der Waals surface area contributed by atoms with Crippen molar-refractivity contribution in [1.82, 2.24) is 9.97 Å². The number of aryl methyl sites for hydroxylation is 1. The van der Waals surface area contributed by atoms with Gasteiger partial charge in [-0.25, -0.2) is 4.98 Å². The standard InChI is InChI=1S/C23H17BrN4S/c1-14-7-10-20-16(11-14)13-21(29-20)15-8-9-19-18(12-15)22(27-23(25)26-19)28(24)17-5-3-2-4-6-17/h2-13H,1H3,(H2,25,26,27). The fourth-order valence-electron chi connectivity index (χ4n) is 3.42. The molecule has 142 valence electrons. The van der Waals surface area contributed by atoms with Crippen LogP contribution in [0.25, 0.3) is 31.4 Å². The Kier molecular flexibility index (Phi) is 4.45. The van der Waals surface area contributed by atoms with Crippen LogP contribution in [0.4, 0.5) is 17.5 Å². The largest absolute Gasteiger partial charge is 0.368 e. The smallest absolute Gasteiger partial charge is 0.222 e. The number of nitrogen functional groups attached to an aromatic ring is 1. The maximum Gasteiger partial charge on any atom is 0.222 e. The Bertz CT molecular complexity index is 1350. The second kappa shape index (κ2) is 7.13. The molecule has 0 aliphatic rings. The predicted octanol–water partition coefficient (Wildman–Crippen LogP) is 6.85. The Morgan fingerprint density at radius 1 is 0.931 bits per heavy atom. The first-order valence-electron chi connectivity index (χ1n) is 9.17. The van der Waals surface area contributed by atoms with Crippen molar-refractivity contribution < 1.29 is 0 Å². The topological polar surface area (TPSA) is 55.0 Å². The third-order valence-electron chi connectivity index (χ3n) is 4.82. The Balaban J connectivity index is 1.68. The summed E-state index contributed by atoms with van der Waals surface area (Å²) in [6, 6.07) is 25.0. The van der Waals surface area contributed by atoms with Crippen molar-refractivity contribution in [2.45, 2.75) is 6.92 Å². The Labute approximate surface area is 181 Å². The van der Waals surface area contributed by atoms with Crippen LogP contribution in [0, 0.1) is 6.92 Å². The summed E-state index contributed by atoms with van der Waals surface area (Å²) in [4.78, 5) is 10.2. The minimum atomic E-state index is 0.248. The number of nitrogens with zero attached hydrogens (tertiary/aromatic N) is 3. The fourth-order valence-corrected chi connectivity index (χ4v) is 4.97. The zero-order valence-electron chi connectivity index (χ0n) is 15.6. The van der Waals surface area contributed by atoms with E-state index in [9.17, 15) is 0 Å². The molecule has 0 unspecified atom stereocenters. The second-order valence-corrected chi connectivity index (χ2v) is 8.70. The number of aromatic nitrogens is 2. The third-order valence-corrected chi connectivity index (χ3v) is 6.73. The first kappa shape index (κ1) is 18.1. The molecular weight excluding hydrogens is 444 g/mol. The summed E-state index contributed by atoms with van der Waals surface area (Å²) in [6.45, 7) is 2.12. The van der Waals surface area contributed by atoms with Gasteiger partial charge in [0.2, 0.25) is 5.95 Å². The van der Waals surface area contributed by atoms with E-state index in [1.54, 1.807) is 11.3 Å². The second-order valence-electron chi connectivity index (χ2n) is 6.91. The lowest BCUT2D eigenvalue weighted by atomic mass is 10.1. The summed E-state index contributed by atoms with van der Waals surface area (Å²) in [6.07, 6.45) is 0. The highest BCUT2D eigenvalue weighted by Gasteiger charge is 2.15. The molecule has 0 amide bonds. The van der Waals surface area contributed by atoms with E-state index in [-0.39, 0.29) is 5.95 Å². The van der Waals surface area contributed by atoms with E-state index < -0.39 is 0 Å². The van der Waals surface area contributed by atoms with Gasteiger partial charge in [-0.15, -0.1) is 11.3 Å². The number of hydrogen-bond donors (Lipinski definition) is 1. The molecule has 2 N–H and O–H groups in total. The molecule has 2 aromatic heterocycles. The van der Waals surface area contributed by atoms with E-state index in [4.69, 9.17) is 5.73 Å². The van der Waals surface area contributed by atoms with Gasteiger partial charge >= 0.3 is 0 Å². The van der Waals surface area contributed by atoms with Crippen LogP contribution >= 0.6 is 27.5 Å². The third kappa shape index (κ3) is 3.34. The van der Waals surface area contributed by atoms with Crippen LogP contribution in [0.15, 0.2) is 72.8 Å². The van der Waals surface area contributed by atoms with E-state index >= 15 is 0 Å². The average molecular weight is 461 g/mol. The highest BCUT2D eigenvalue weighted by Crippen LogP contribution is 2.38. The predicted molar refractivity (Wildman–Crippen MR) is 127 cm³/mol. The molecule has 0 radical (unpaired) electrons. The van der Waals surface area contributed by atoms with Crippen LogP contribution < -0.4 is 9.66 Å². The SMILES string of the molecule is Cc1ccc2sc(-c3ccc4nc(N)nc(N(Br)c5ccccc5)c4c3)cc2c1. The molecule has 0 fully saturated rings. The van der Waals surface area contributed by atoms with Crippen molar-refractivity contribution in [3.8, 4) is 10.4 Å². The van der Waals surface area contributed by atoms with Crippen LogP contribution in [-0.2, 0) is 0 Å². The number of thiophene rings is 1. The van der Waals surface area contributed by atoms with E-state index in [0.29, 0.717) is 0 Å². The lowest BCUT2D eigenvalue weighted by Crippen LogP contribution is -2.07. The Morgan fingerprint density at radius 2 is 1.76 bits per heavy atom. The molecule has 0 aliphatic heterocycles. The van der Waals surface area contributed by atoms with Crippen molar-refractivity contribution in [2.24, 2.45) is 0 Å². The minimum Gasteiger partial charge on any atom is -0.368 e. The van der Waals surface area contributed by atoms with Crippen LogP contribution in [0.1, 0.15) is 5.56 Å². The lowest BCUT2D eigenvalue weighted by Gasteiger charge is -2.18. The molecule has 2 heterocycles. The zero-order chi connectivity index (χ0) is 20.0. The van der Waals surface area contributed by atoms with Gasteiger partial charge in [-0.2, -0.15) is 4.98 Å². The van der Waals surface area contributed by atoms with E-state index in [1.807, 2.05) is 40.3 Å². The molecule has 5 aromatic rings. The monoisotopic (exact) mass is 460 g/mol. The maximum atomic E-state index is 5.99. The van der Waals surface area contributed by atoms with Crippen LogP contribution in [0.3, 0.4) is 0 Å². The van der Waals surface area contributed by atoms with Gasteiger partial charge in [0.25, 0.3) is 0 Å². The first-order chi connectivity index (χ1) is 14.1. The summed E-state index contributed by atoms with van der Waals surface area (Å²) in [5, 5.41) is 2.20. The normalized spacial score (nSPS) is 11.2. The van der Waals surface area contributed by atoms with Gasteiger partial charge in [-0.1, -0.05) is 42.0 Å². The summed E-state index contributed by atoms with van der Waals surface area (Å²) in [5.74, 6) is 0.968. The van der Waals surface area contributed by atoms with Gasteiger partial charge in [0.1, 0.15) is 0 Å². The quantitative estimate of drug-likeness (QED) is 0.299. The Hall–Kier alpha value is -2.96. The average Bonchev–Trinajstić information content (AvgIpc) is 3.16. The van der Waals surface area contributed by atoms with Crippen molar-refractivity contribution in [3.05, 3.63) is 78.4 Å². The number of benzene rings is 3. The van der Waals surface area contributed by atoms with E-state index in [2.05, 4.69) is 69.4 Å². The van der Waals surface area contributed by atoms with Crippen molar-refractivity contribution in [3.63, 3.8) is 0 Å². The first-order valence-corrected chi connectivity index (χ1v) is 10.7. The van der Waals surface area contributed by atoms with Crippen LogP contribution in [-0.4, -0.2) is 9.97 Å². The van der Waals surface area contributed by atoms with Crippen molar-refractivity contribution >= 4 is 65.9 Å². The molecule has 0 saturated carbocycles. The van der Waals surface area contributed by atoms with Gasteiger partial charge in [0, 0.05) is 15.0 Å². The number of halogens is 1. The summed E-state index contributed by atoms with van der Waals surface area (Å²) in [7, 11) is 0. The van der Waals surface area contributed by atoms with Gasteiger partial charge < -0.3 is 5.73 Å². The van der Waals surface area contributed by atoms with Gasteiger partial charge in [-0.3, -0.25) is 3.93 Å². The van der Waals surface area contributed by atoms with E-state index in [0.717, 1.165) is 28.0 Å². The van der Waals surface area contributed by atoms with Crippen LogP contribution in [0.2, 0.25) is 0 Å². The van der Waals surface area contributed by atoms with Gasteiger partial charge in [0.15, 0.2) is 5.82 Å². The van der Waals surface area contributed by atoms with E-state index in [1.165, 1.54) is 20.5 Å². The molecule has 29 heavy (non-hydrogen) atoms. The molecular formula is C23H17BrN4S. The number of nitrogens with two attached hydrogens (primary N) is 1. The molecule has 0 spiro atoms. The summed E-state index contributed by atoms with van der Waals surface area (Å²) < 4.78 is 3.15. The lowest BCUT2D eigenvalue weighted by molar-refractivity contribution is 1.21. The molecule has 0 atom stereocenters. The van der Waals surface area contributed by atoms with Gasteiger partial charge in [-0.05, 0) is 54.3 Å². The highest BCUT2D eigenvalue weighted by molar-refractivity contribution is 9.10. The van der Waals surface area contributed by atoms with Crippen molar-refractivity contribution in [1.29, 1.82) is 0 Å². The maximum absolute atomic E-state index is 5.99. The summed E-state index contributed by atoms with van der Waals surface area (Å²) >= 11 is 5.45. The Morgan fingerprint density at radius 3 is 2.59 bits per heavy atom. The number of para-hydroxylation sites is 1. The van der Waals surface area contributed by atoms with Crippen LogP contribution in [0.5, 0.6) is 0 Å². The fraction of sp³-hybridized carbons (Fsp3) is 0.0435. The molecule has 3 aromatic carbocycles. The number of rotatable bonds is 3. The number of fused-ring (bicyclic) bond motifs is 2. The number of hydrogen-bond acceptors (Lipinski definition) is 5. The van der Waals surface area contributed by atoms with Crippen molar-refractivity contribution in [2.75, 3.05) is 9.66 Å². The van der Waals surface area contributed by atoms with Gasteiger partial charge in [0.05, 0.1) is 27.4 Å². The highest BCUT2D eigenvalue weighted by atomic mass is 79.9. The molecule has 0 bridgehead atoms. The number of anilines is 3.